The van der Waals surface area contributed by atoms with Crippen LogP contribution >= 0.6 is 0 Å². The fourth-order valence-electron chi connectivity index (χ4n) is 1.70. The molecule has 7 heteroatoms. The van der Waals surface area contributed by atoms with E-state index in [1.54, 1.807) is 32.2 Å². The van der Waals surface area contributed by atoms with Crippen molar-refractivity contribution >= 4 is 22.7 Å². The van der Waals surface area contributed by atoms with Gasteiger partial charge in [0.25, 0.3) is 5.89 Å². The molecule has 120 valence electrons. The van der Waals surface area contributed by atoms with E-state index in [2.05, 4.69) is 28.0 Å². The SMILES string of the molecule is C#C.CC=N/C(=C\C)c1noc(-c2cc(F)cc(S(C)=O)c2)n1. The molecule has 1 atom stereocenters. The number of rotatable bonds is 4. The maximum absolute atomic E-state index is 13.6. The van der Waals surface area contributed by atoms with Crippen LogP contribution in [0.4, 0.5) is 4.39 Å². The van der Waals surface area contributed by atoms with Crippen molar-refractivity contribution in [1.29, 1.82) is 0 Å². The first-order chi connectivity index (χ1) is 11.0. The monoisotopic (exact) mass is 333 g/mol. The molecule has 0 aliphatic heterocycles. The number of aromatic nitrogens is 2. The van der Waals surface area contributed by atoms with Crippen LogP contribution < -0.4 is 0 Å². The van der Waals surface area contributed by atoms with Crippen molar-refractivity contribution in [1.82, 2.24) is 10.1 Å². The fraction of sp³-hybridized carbons (Fsp3) is 0.188. The van der Waals surface area contributed by atoms with Gasteiger partial charge in [-0.3, -0.25) is 9.20 Å². The number of hydrogen-bond acceptors (Lipinski definition) is 5. The van der Waals surface area contributed by atoms with Gasteiger partial charge >= 0.3 is 0 Å². The van der Waals surface area contributed by atoms with E-state index in [1.807, 2.05) is 0 Å². The maximum Gasteiger partial charge on any atom is 0.258 e. The van der Waals surface area contributed by atoms with Crippen LogP contribution in [0.3, 0.4) is 0 Å². The van der Waals surface area contributed by atoms with Gasteiger partial charge in [0.15, 0.2) is 0 Å². The van der Waals surface area contributed by atoms with Crippen molar-refractivity contribution in [2.75, 3.05) is 6.26 Å². The van der Waals surface area contributed by atoms with Crippen molar-refractivity contribution in [2.24, 2.45) is 4.99 Å². The number of allylic oxidation sites excluding steroid dienone is 1. The molecular weight excluding hydrogens is 317 g/mol. The zero-order valence-electron chi connectivity index (χ0n) is 13.0. The minimum atomic E-state index is -1.29. The molecule has 2 rings (SSSR count). The second kappa shape index (κ2) is 8.76. The lowest BCUT2D eigenvalue weighted by molar-refractivity contribution is 0.427. The van der Waals surface area contributed by atoms with Crippen LogP contribution in [-0.4, -0.2) is 26.8 Å². The van der Waals surface area contributed by atoms with Crippen molar-refractivity contribution in [3.63, 3.8) is 0 Å². The number of aliphatic imine (C=N–C) groups is 1. The first-order valence-electron chi connectivity index (χ1n) is 6.52. The van der Waals surface area contributed by atoms with Crippen molar-refractivity contribution < 1.29 is 13.1 Å². The van der Waals surface area contributed by atoms with Crippen LogP contribution in [-0.2, 0) is 10.8 Å². The topological polar surface area (TPSA) is 68.3 Å². The molecule has 5 nitrogen and oxygen atoms in total. The third kappa shape index (κ3) is 4.69. The summed E-state index contributed by atoms with van der Waals surface area (Å²) >= 11 is 0. The molecule has 0 aliphatic rings. The van der Waals surface area contributed by atoms with E-state index in [0.717, 1.165) is 0 Å². The number of hydrogen-bond donors (Lipinski definition) is 0. The molecule has 0 N–H and O–H groups in total. The van der Waals surface area contributed by atoms with Gasteiger partial charge in [0.2, 0.25) is 5.82 Å². The van der Waals surface area contributed by atoms with E-state index in [4.69, 9.17) is 4.52 Å². The number of terminal acetylenes is 1. The highest BCUT2D eigenvalue weighted by atomic mass is 32.2. The van der Waals surface area contributed by atoms with E-state index in [1.165, 1.54) is 18.4 Å². The van der Waals surface area contributed by atoms with Gasteiger partial charge in [-0.05, 0) is 32.0 Å². The van der Waals surface area contributed by atoms with Crippen LogP contribution in [0.5, 0.6) is 0 Å². The summed E-state index contributed by atoms with van der Waals surface area (Å²) in [6.45, 7) is 3.58. The maximum atomic E-state index is 13.6. The van der Waals surface area contributed by atoms with Gasteiger partial charge in [0.05, 0.1) is 0 Å². The van der Waals surface area contributed by atoms with E-state index in [0.29, 0.717) is 22.0 Å². The zero-order chi connectivity index (χ0) is 17.4. The third-order valence-electron chi connectivity index (χ3n) is 2.65. The standard InChI is InChI=1S/C14H14FN3O2S.C2H2/c1-4-12(16-5-2)13-17-14(20-18-13)9-6-10(15)8-11(7-9)21(3)19;1-2/h4-8H,1-3H3;1-2H/b12-4-,16-5?;. The van der Waals surface area contributed by atoms with Gasteiger partial charge in [-0.25, -0.2) is 4.39 Å². The summed E-state index contributed by atoms with van der Waals surface area (Å²) in [7, 11) is -1.29. The minimum absolute atomic E-state index is 0.154. The predicted molar refractivity (Wildman–Crippen MR) is 89.7 cm³/mol. The van der Waals surface area contributed by atoms with Crippen LogP contribution in [0, 0.1) is 18.7 Å². The Kier molecular flexibility index (Phi) is 7.03. The summed E-state index contributed by atoms with van der Waals surface area (Å²) in [5.74, 6) is -0.0360. The van der Waals surface area contributed by atoms with Gasteiger partial charge < -0.3 is 4.52 Å². The van der Waals surface area contributed by atoms with Gasteiger partial charge in [0.1, 0.15) is 11.5 Å². The quantitative estimate of drug-likeness (QED) is 0.636. The third-order valence-corrected chi connectivity index (χ3v) is 3.55. The molecule has 23 heavy (non-hydrogen) atoms. The Balaban J connectivity index is 0.00000127. The molecule has 0 bridgehead atoms. The lowest BCUT2D eigenvalue weighted by atomic mass is 10.2. The summed E-state index contributed by atoms with van der Waals surface area (Å²) in [5.41, 5.74) is 0.943. The first kappa shape index (κ1) is 18.5. The molecule has 0 saturated carbocycles. The van der Waals surface area contributed by atoms with E-state index >= 15 is 0 Å². The number of halogens is 1. The second-order valence-corrected chi connectivity index (χ2v) is 5.49. The summed E-state index contributed by atoms with van der Waals surface area (Å²) < 4.78 is 30.2. The van der Waals surface area contributed by atoms with Crippen molar-refractivity contribution in [3.05, 3.63) is 35.9 Å². The van der Waals surface area contributed by atoms with E-state index < -0.39 is 16.6 Å². The highest BCUT2D eigenvalue weighted by molar-refractivity contribution is 7.84. The smallest absolute Gasteiger partial charge is 0.258 e. The zero-order valence-corrected chi connectivity index (χ0v) is 13.8. The lowest BCUT2D eigenvalue weighted by Crippen LogP contribution is -1.91. The molecule has 0 amide bonds. The Bertz CT molecular complexity index is 779. The van der Waals surface area contributed by atoms with Crippen molar-refractivity contribution in [3.8, 4) is 24.3 Å². The molecule has 0 radical (unpaired) electrons. The van der Waals surface area contributed by atoms with Gasteiger partial charge in [-0.15, -0.1) is 12.8 Å². The van der Waals surface area contributed by atoms with E-state index in [-0.39, 0.29) is 5.89 Å². The molecule has 1 aromatic heterocycles. The van der Waals surface area contributed by atoms with Crippen LogP contribution in [0.15, 0.2) is 38.7 Å². The molecule has 1 unspecified atom stereocenters. The molecular formula is C16H16FN3O2S. The average Bonchev–Trinajstić information content (AvgIpc) is 3.03. The lowest BCUT2D eigenvalue weighted by Gasteiger charge is -2.00. The van der Waals surface area contributed by atoms with Gasteiger partial charge in [0, 0.05) is 33.7 Å². The number of nitrogens with zero attached hydrogens (tertiary/aromatic N) is 3. The Morgan fingerprint density at radius 2 is 2.04 bits per heavy atom. The average molecular weight is 333 g/mol. The Hall–Kier alpha value is -2.59. The van der Waals surface area contributed by atoms with Crippen LogP contribution in [0.2, 0.25) is 0 Å². The molecule has 2 aromatic rings. The Labute approximate surface area is 136 Å². The summed E-state index contributed by atoms with van der Waals surface area (Å²) in [6, 6.07) is 4.04. The molecule has 0 spiro atoms. The summed E-state index contributed by atoms with van der Waals surface area (Å²) in [5, 5.41) is 3.82. The highest BCUT2D eigenvalue weighted by Crippen LogP contribution is 2.23. The normalized spacial score (nSPS) is 12.7. The summed E-state index contributed by atoms with van der Waals surface area (Å²) in [6.07, 6.45) is 12.8. The van der Waals surface area contributed by atoms with Gasteiger partial charge in [-0.2, -0.15) is 4.98 Å². The number of benzene rings is 1. The second-order valence-electron chi connectivity index (χ2n) is 4.11. The Morgan fingerprint density at radius 1 is 1.35 bits per heavy atom. The largest absolute Gasteiger partial charge is 0.334 e. The Morgan fingerprint density at radius 3 is 2.61 bits per heavy atom. The van der Waals surface area contributed by atoms with E-state index in [9.17, 15) is 8.60 Å². The van der Waals surface area contributed by atoms with Gasteiger partial charge in [-0.1, -0.05) is 11.2 Å². The first-order valence-corrected chi connectivity index (χ1v) is 8.07. The molecule has 0 fully saturated rings. The van der Waals surface area contributed by atoms with Crippen LogP contribution in [0.1, 0.15) is 19.7 Å². The molecule has 1 heterocycles. The van der Waals surface area contributed by atoms with Crippen LogP contribution in [0.25, 0.3) is 17.2 Å². The van der Waals surface area contributed by atoms with Crippen molar-refractivity contribution in [2.45, 2.75) is 18.7 Å². The fourth-order valence-corrected chi connectivity index (χ4v) is 2.27. The highest BCUT2D eigenvalue weighted by Gasteiger charge is 2.14. The minimum Gasteiger partial charge on any atom is -0.334 e. The molecule has 0 saturated heterocycles. The predicted octanol–water partition coefficient (Wildman–Crippen LogP) is 3.31. The summed E-state index contributed by atoms with van der Waals surface area (Å²) in [4.78, 5) is 8.66. The molecule has 0 aliphatic carbocycles. The molecule has 1 aromatic carbocycles.